The zero-order valence-electron chi connectivity index (χ0n) is 9.49. The highest BCUT2D eigenvalue weighted by atomic mass is 16.1. The molecule has 2 heteroatoms. The Balaban J connectivity index is 2.71. The molecule has 15 heavy (non-hydrogen) atoms. The number of benzene rings is 1. The molecule has 0 heterocycles. The van der Waals surface area contributed by atoms with E-state index in [1.54, 1.807) is 0 Å². The van der Waals surface area contributed by atoms with Crippen LogP contribution in [0.3, 0.4) is 0 Å². The lowest BCUT2D eigenvalue weighted by Gasteiger charge is -2.15. The van der Waals surface area contributed by atoms with E-state index in [1.165, 1.54) is 0 Å². The fourth-order valence-electron chi connectivity index (χ4n) is 1.66. The van der Waals surface area contributed by atoms with Crippen molar-refractivity contribution in [3.8, 4) is 0 Å². The molecule has 0 bridgehead atoms. The Bertz CT molecular complexity index is 289. The summed E-state index contributed by atoms with van der Waals surface area (Å²) in [6, 6.07) is 9.47. The van der Waals surface area contributed by atoms with Crippen molar-refractivity contribution in [1.29, 1.82) is 0 Å². The molecule has 1 rings (SSSR count). The summed E-state index contributed by atoms with van der Waals surface area (Å²) in [6.45, 7) is 4.97. The van der Waals surface area contributed by atoms with Gasteiger partial charge in [-0.05, 0) is 13.0 Å². The molecule has 0 saturated carbocycles. The van der Waals surface area contributed by atoms with Crippen LogP contribution in [0.5, 0.6) is 0 Å². The van der Waals surface area contributed by atoms with E-state index >= 15 is 0 Å². The van der Waals surface area contributed by atoms with Crippen molar-refractivity contribution in [3.63, 3.8) is 0 Å². The minimum atomic E-state index is -0.0256. The average molecular weight is 205 g/mol. The van der Waals surface area contributed by atoms with Gasteiger partial charge in [-0.15, -0.1) is 0 Å². The van der Waals surface area contributed by atoms with Gasteiger partial charge in [0.15, 0.2) is 5.78 Å². The van der Waals surface area contributed by atoms with E-state index < -0.39 is 0 Å². The van der Waals surface area contributed by atoms with Crippen LogP contribution in [-0.4, -0.2) is 18.4 Å². The molecule has 0 amide bonds. The van der Waals surface area contributed by atoms with Gasteiger partial charge in [0.1, 0.15) is 0 Å². The molecule has 0 aliphatic carbocycles. The number of carbonyl (C=O) groups is 1. The molecule has 0 saturated heterocycles. The van der Waals surface area contributed by atoms with Crippen molar-refractivity contribution < 1.29 is 4.79 Å². The number of hydrogen-bond donors (Lipinski definition) is 1. The summed E-state index contributed by atoms with van der Waals surface area (Å²) in [5.41, 5.74) is 0.803. The first kappa shape index (κ1) is 11.9. The Morgan fingerprint density at radius 3 is 2.47 bits per heavy atom. The Morgan fingerprint density at radius 1 is 1.27 bits per heavy atom. The van der Waals surface area contributed by atoms with E-state index in [2.05, 4.69) is 12.2 Å². The Morgan fingerprint density at radius 2 is 1.93 bits per heavy atom. The SMILES string of the molecule is CCCC(NCC)C(=O)c1ccccc1. The monoisotopic (exact) mass is 205 g/mol. The molecular formula is C13H19NO. The molecule has 1 unspecified atom stereocenters. The molecule has 0 aliphatic heterocycles. The van der Waals surface area contributed by atoms with Crippen molar-refractivity contribution in [1.82, 2.24) is 5.32 Å². The van der Waals surface area contributed by atoms with Gasteiger partial charge >= 0.3 is 0 Å². The smallest absolute Gasteiger partial charge is 0.179 e. The second-order valence-electron chi connectivity index (χ2n) is 3.63. The average Bonchev–Trinajstić information content (AvgIpc) is 2.29. The van der Waals surface area contributed by atoms with Crippen LogP contribution in [0.15, 0.2) is 30.3 Å². The summed E-state index contributed by atoms with van der Waals surface area (Å²) >= 11 is 0. The third kappa shape index (κ3) is 3.48. The lowest BCUT2D eigenvalue weighted by Crippen LogP contribution is -2.36. The fourth-order valence-corrected chi connectivity index (χ4v) is 1.66. The van der Waals surface area contributed by atoms with E-state index in [-0.39, 0.29) is 11.8 Å². The molecule has 1 aromatic rings. The van der Waals surface area contributed by atoms with Gasteiger partial charge in [0.2, 0.25) is 0 Å². The Kier molecular flexibility index (Phi) is 5.05. The van der Waals surface area contributed by atoms with Crippen LogP contribution in [0.2, 0.25) is 0 Å². The topological polar surface area (TPSA) is 29.1 Å². The Hall–Kier alpha value is -1.15. The van der Waals surface area contributed by atoms with Gasteiger partial charge < -0.3 is 5.32 Å². The van der Waals surface area contributed by atoms with Gasteiger partial charge in [0, 0.05) is 5.56 Å². The number of Topliss-reactive ketones (excluding diaryl/α,β-unsaturated/α-hetero) is 1. The summed E-state index contributed by atoms with van der Waals surface area (Å²) in [7, 11) is 0. The second kappa shape index (κ2) is 6.36. The summed E-state index contributed by atoms with van der Waals surface area (Å²) in [5.74, 6) is 0.208. The normalized spacial score (nSPS) is 12.4. The van der Waals surface area contributed by atoms with Crippen molar-refractivity contribution in [3.05, 3.63) is 35.9 Å². The summed E-state index contributed by atoms with van der Waals surface area (Å²) < 4.78 is 0. The van der Waals surface area contributed by atoms with Gasteiger partial charge in [0.05, 0.1) is 6.04 Å². The molecule has 0 aromatic heterocycles. The number of ketones is 1. The maximum absolute atomic E-state index is 12.1. The van der Waals surface area contributed by atoms with Crippen molar-refractivity contribution in [2.45, 2.75) is 32.7 Å². The minimum Gasteiger partial charge on any atom is -0.307 e. The molecule has 82 valence electrons. The van der Waals surface area contributed by atoms with Crippen LogP contribution in [-0.2, 0) is 0 Å². The van der Waals surface area contributed by atoms with E-state index in [0.717, 1.165) is 24.9 Å². The Labute approximate surface area is 91.7 Å². The zero-order chi connectivity index (χ0) is 11.1. The van der Waals surface area contributed by atoms with Gasteiger partial charge in [-0.2, -0.15) is 0 Å². The van der Waals surface area contributed by atoms with Crippen LogP contribution in [0.4, 0.5) is 0 Å². The molecule has 2 nitrogen and oxygen atoms in total. The number of hydrogen-bond acceptors (Lipinski definition) is 2. The van der Waals surface area contributed by atoms with Crippen LogP contribution in [0.1, 0.15) is 37.0 Å². The van der Waals surface area contributed by atoms with Gasteiger partial charge in [-0.3, -0.25) is 4.79 Å². The van der Waals surface area contributed by atoms with Gasteiger partial charge in [-0.1, -0.05) is 50.6 Å². The first-order valence-electron chi connectivity index (χ1n) is 5.62. The first-order valence-corrected chi connectivity index (χ1v) is 5.62. The first-order chi connectivity index (χ1) is 7.29. The molecule has 1 aromatic carbocycles. The third-order valence-electron chi connectivity index (χ3n) is 2.40. The minimum absolute atomic E-state index is 0.0256. The summed E-state index contributed by atoms with van der Waals surface area (Å²) in [6.07, 6.45) is 1.93. The van der Waals surface area contributed by atoms with E-state index in [4.69, 9.17) is 0 Å². The zero-order valence-corrected chi connectivity index (χ0v) is 9.49. The predicted octanol–water partition coefficient (Wildman–Crippen LogP) is 2.65. The van der Waals surface area contributed by atoms with Gasteiger partial charge in [-0.25, -0.2) is 0 Å². The highest BCUT2D eigenvalue weighted by Crippen LogP contribution is 2.07. The molecule has 1 atom stereocenters. The number of likely N-dealkylation sites (N-methyl/N-ethyl adjacent to an activating group) is 1. The van der Waals surface area contributed by atoms with E-state index in [0.29, 0.717) is 0 Å². The van der Waals surface area contributed by atoms with Crippen LogP contribution in [0.25, 0.3) is 0 Å². The third-order valence-corrected chi connectivity index (χ3v) is 2.40. The molecular weight excluding hydrogens is 186 g/mol. The number of carbonyl (C=O) groups excluding carboxylic acids is 1. The molecule has 0 aliphatic rings. The van der Waals surface area contributed by atoms with Crippen molar-refractivity contribution >= 4 is 5.78 Å². The molecule has 0 radical (unpaired) electrons. The standard InChI is InChI=1S/C13H19NO/c1-3-8-12(14-4-2)13(15)11-9-6-5-7-10-11/h5-7,9-10,12,14H,3-4,8H2,1-2H3. The highest BCUT2D eigenvalue weighted by molar-refractivity contribution is 6.00. The summed E-state index contributed by atoms with van der Waals surface area (Å²) in [4.78, 5) is 12.1. The lowest BCUT2D eigenvalue weighted by molar-refractivity contribution is 0.0938. The maximum atomic E-state index is 12.1. The van der Waals surface area contributed by atoms with Crippen LogP contribution < -0.4 is 5.32 Å². The molecule has 0 spiro atoms. The molecule has 1 N–H and O–H groups in total. The van der Waals surface area contributed by atoms with Crippen molar-refractivity contribution in [2.75, 3.05) is 6.54 Å². The second-order valence-corrected chi connectivity index (χ2v) is 3.63. The highest BCUT2D eigenvalue weighted by Gasteiger charge is 2.17. The number of nitrogens with one attached hydrogen (secondary N) is 1. The fraction of sp³-hybridized carbons (Fsp3) is 0.462. The van der Waals surface area contributed by atoms with Gasteiger partial charge in [0.25, 0.3) is 0 Å². The molecule has 0 fully saturated rings. The lowest BCUT2D eigenvalue weighted by atomic mass is 10.0. The van der Waals surface area contributed by atoms with E-state index in [1.807, 2.05) is 37.3 Å². The largest absolute Gasteiger partial charge is 0.307 e. The van der Waals surface area contributed by atoms with Crippen LogP contribution in [0, 0.1) is 0 Å². The number of rotatable bonds is 6. The van der Waals surface area contributed by atoms with E-state index in [9.17, 15) is 4.79 Å². The van der Waals surface area contributed by atoms with Crippen LogP contribution >= 0.6 is 0 Å². The predicted molar refractivity (Wildman–Crippen MR) is 63.1 cm³/mol. The summed E-state index contributed by atoms with van der Waals surface area (Å²) in [5, 5.41) is 3.23. The quantitative estimate of drug-likeness (QED) is 0.723. The van der Waals surface area contributed by atoms with Crippen molar-refractivity contribution in [2.24, 2.45) is 0 Å². The maximum Gasteiger partial charge on any atom is 0.179 e.